The zero-order valence-corrected chi connectivity index (χ0v) is 47.9. The second kappa shape index (κ2) is 22.9. The zero-order valence-electron chi connectivity index (χ0n) is 47.9. The van der Waals surface area contributed by atoms with Gasteiger partial charge in [0.05, 0.1) is 42.9 Å². The van der Waals surface area contributed by atoms with Gasteiger partial charge in [-0.05, 0) is 92.8 Å². The molecule has 0 amide bonds. The van der Waals surface area contributed by atoms with Crippen LogP contribution in [0.25, 0.3) is 0 Å². The fourth-order valence-corrected chi connectivity index (χ4v) is 16.3. The number of hydrogen-bond donors (Lipinski definition) is 12. The molecule has 23 heteroatoms. The van der Waals surface area contributed by atoms with E-state index in [1.807, 2.05) is 41.5 Å². The molecule has 3 saturated heterocycles. The van der Waals surface area contributed by atoms with Crippen LogP contribution in [0, 0.1) is 56.2 Å². The van der Waals surface area contributed by atoms with Gasteiger partial charge in [-0.1, -0.05) is 80.0 Å². The second-order valence-electron chi connectivity index (χ2n) is 26.4. The fourth-order valence-electron chi connectivity index (χ4n) is 16.3. The monoisotopic (exact) mass is 1140 g/mol. The molecule has 0 bridgehead atoms. The minimum Gasteiger partial charge on any atom is -0.479 e. The maximum Gasteiger partial charge on any atom is 0.335 e. The zero-order chi connectivity index (χ0) is 59.3. The predicted octanol–water partition coefficient (Wildman–Crippen LogP) is 0.343. The molecule has 80 heavy (non-hydrogen) atoms. The number of rotatable bonds is 15. The summed E-state index contributed by atoms with van der Waals surface area (Å²) in [6, 6.07) is 0. The summed E-state index contributed by atoms with van der Waals surface area (Å²) in [5.74, 6) is -4.27. The van der Waals surface area contributed by atoms with Crippen molar-refractivity contribution in [3.8, 4) is 0 Å². The highest BCUT2D eigenvalue weighted by Crippen LogP contribution is 2.76. The van der Waals surface area contributed by atoms with E-state index in [1.54, 1.807) is 26.8 Å². The molecule has 12 N–H and O–H groups in total. The molecule has 7 fully saturated rings. The summed E-state index contributed by atoms with van der Waals surface area (Å²) < 4.78 is 48.6. The van der Waals surface area contributed by atoms with Crippen LogP contribution < -0.4 is 0 Å². The van der Waals surface area contributed by atoms with Gasteiger partial charge in [-0.15, -0.1) is 0 Å². The Bertz CT molecular complexity index is 2330. The van der Waals surface area contributed by atoms with Gasteiger partial charge in [0.25, 0.3) is 0 Å². The first-order valence-electron chi connectivity index (χ1n) is 28.5. The van der Waals surface area contributed by atoms with Crippen LogP contribution in [0.2, 0.25) is 0 Å². The molecule has 4 saturated carbocycles. The first kappa shape index (κ1) is 63.2. The predicted molar refractivity (Wildman–Crippen MR) is 277 cm³/mol. The van der Waals surface area contributed by atoms with Crippen LogP contribution in [0.5, 0.6) is 0 Å². The Hall–Kier alpha value is -2.79. The van der Waals surface area contributed by atoms with Crippen molar-refractivity contribution >= 4 is 17.9 Å². The molecular weight excluding hydrogens is 1050 g/mol. The van der Waals surface area contributed by atoms with E-state index in [-0.39, 0.29) is 11.8 Å². The smallest absolute Gasteiger partial charge is 0.335 e. The molecule has 8 rings (SSSR count). The topological polar surface area (TPSA) is 368 Å². The third kappa shape index (κ3) is 9.93. The molecule has 27 atom stereocenters. The Morgan fingerprint density at radius 1 is 0.725 bits per heavy atom. The number of aliphatic hydroxyl groups excluding tert-OH is 11. The molecule has 0 aromatic rings. The van der Waals surface area contributed by atoms with E-state index in [0.717, 1.165) is 5.57 Å². The van der Waals surface area contributed by atoms with Crippen LogP contribution >= 0.6 is 0 Å². The van der Waals surface area contributed by atoms with E-state index in [0.29, 0.717) is 50.5 Å². The van der Waals surface area contributed by atoms with Crippen LogP contribution in [0.1, 0.15) is 121 Å². The lowest BCUT2D eigenvalue weighted by atomic mass is 9.32. The molecule has 456 valence electrons. The largest absolute Gasteiger partial charge is 0.479 e. The lowest BCUT2D eigenvalue weighted by molar-refractivity contribution is -0.386. The summed E-state index contributed by atoms with van der Waals surface area (Å²) in [6.45, 7) is 19.0. The Morgan fingerprint density at radius 3 is 1.89 bits per heavy atom. The summed E-state index contributed by atoms with van der Waals surface area (Å²) in [5, 5.41) is 135. The van der Waals surface area contributed by atoms with Crippen molar-refractivity contribution in [1.29, 1.82) is 0 Å². The van der Waals surface area contributed by atoms with Gasteiger partial charge in [-0.25, -0.2) is 9.59 Å². The Kier molecular flexibility index (Phi) is 18.1. The molecule has 0 aromatic carbocycles. The van der Waals surface area contributed by atoms with E-state index >= 15 is 0 Å². The van der Waals surface area contributed by atoms with Gasteiger partial charge in [0.15, 0.2) is 25.0 Å². The van der Waals surface area contributed by atoms with Crippen molar-refractivity contribution in [3.05, 3.63) is 23.3 Å². The SMILES string of the molecule is C/C=C(/C)C(=O)O[C@H]1[C@H](O)[C@]2(COC(=O)[C@H](C)CC)[C@H](O)[C@H](O)[C@]3(C)C(=CC[C@@H]4[C@@]5(C)CC[C@H](O[C@@H]6O[C@H](C(=O)O)[C@@H](O)[C@H](O[C@@H]7O[C@@H](CO)[C@H](O)[C@H]7O)[C@H]6O[C@@H]6O[C@H](CO)[C@H](O)[C@H](O)[C@H]6O)C(C)(C)[C@@H]5CC[C@]43C)[C@@H]2CC1(C)C. The number of carbonyl (C=O) groups is 3. The summed E-state index contributed by atoms with van der Waals surface area (Å²) in [5.41, 5.74) is -4.55. The molecule has 0 unspecified atom stereocenters. The molecule has 0 radical (unpaired) electrons. The summed E-state index contributed by atoms with van der Waals surface area (Å²) in [7, 11) is 0. The van der Waals surface area contributed by atoms with Crippen molar-refractivity contribution in [1.82, 2.24) is 0 Å². The van der Waals surface area contributed by atoms with Crippen LogP contribution in [0.3, 0.4) is 0 Å². The van der Waals surface area contributed by atoms with Crippen LogP contribution in [-0.4, -0.2) is 216 Å². The third-order valence-corrected chi connectivity index (χ3v) is 21.6. The summed E-state index contributed by atoms with van der Waals surface area (Å²) in [6.07, 6.45) is -25.1. The minimum absolute atomic E-state index is 0.146. The molecular formula is C57H90O23. The van der Waals surface area contributed by atoms with E-state index in [4.69, 9.17) is 37.9 Å². The molecule has 5 aliphatic carbocycles. The second-order valence-corrected chi connectivity index (χ2v) is 26.4. The van der Waals surface area contributed by atoms with E-state index in [2.05, 4.69) is 19.9 Å². The molecule has 0 spiro atoms. The average molecular weight is 1140 g/mol. The van der Waals surface area contributed by atoms with Crippen molar-refractivity contribution in [2.45, 2.75) is 238 Å². The molecule has 3 aliphatic heterocycles. The summed E-state index contributed by atoms with van der Waals surface area (Å²) in [4.78, 5) is 39.8. The molecule has 3 heterocycles. The molecule has 0 aromatic heterocycles. The number of carboxylic acid groups (broad SMARTS) is 1. The maximum absolute atomic E-state index is 13.5. The maximum atomic E-state index is 13.5. The lowest BCUT2D eigenvalue weighted by Gasteiger charge is -2.73. The van der Waals surface area contributed by atoms with Gasteiger partial charge >= 0.3 is 17.9 Å². The first-order chi connectivity index (χ1) is 37.3. The summed E-state index contributed by atoms with van der Waals surface area (Å²) >= 11 is 0. The van der Waals surface area contributed by atoms with Gasteiger partial charge < -0.3 is 99.2 Å². The van der Waals surface area contributed by atoms with Gasteiger partial charge in [-0.3, -0.25) is 4.79 Å². The highest BCUT2D eigenvalue weighted by molar-refractivity contribution is 5.87. The number of allylic oxidation sites excluding steroid dienone is 2. The van der Waals surface area contributed by atoms with Crippen molar-refractivity contribution in [2.24, 2.45) is 56.2 Å². The van der Waals surface area contributed by atoms with Crippen molar-refractivity contribution in [2.75, 3.05) is 19.8 Å². The Balaban J connectivity index is 1.13. The van der Waals surface area contributed by atoms with Gasteiger partial charge in [0.1, 0.15) is 79.9 Å². The highest BCUT2D eigenvalue weighted by atomic mass is 16.8. The van der Waals surface area contributed by atoms with Gasteiger partial charge in [-0.2, -0.15) is 0 Å². The van der Waals surface area contributed by atoms with Crippen LogP contribution in [0.4, 0.5) is 0 Å². The Morgan fingerprint density at radius 2 is 1.31 bits per heavy atom. The van der Waals surface area contributed by atoms with Crippen LogP contribution in [0.15, 0.2) is 23.3 Å². The minimum atomic E-state index is -2.12. The first-order valence-corrected chi connectivity index (χ1v) is 28.5. The number of carbonyl (C=O) groups excluding carboxylic acids is 2. The highest BCUT2D eigenvalue weighted by Gasteiger charge is 2.76. The van der Waals surface area contributed by atoms with Gasteiger partial charge in [0.2, 0.25) is 0 Å². The fraction of sp³-hybridized carbons (Fsp3) is 0.877. The van der Waals surface area contributed by atoms with Crippen LogP contribution in [-0.2, 0) is 52.3 Å². The number of fused-ring (bicyclic) bond motifs is 7. The third-order valence-electron chi connectivity index (χ3n) is 21.6. The standard InChI is InChI=1S/C57H90O23/c1-12-24(3)47(71)73-23-57-27(20-52(5,6)45(44(57)68)80-48(72)25(4)13-2)26-14-15-31-54(9)18-17-32(53(7,8)30(54)16-19-55(31,10)56(26,11)42(66)43(57)67)76-51-41(79-50-37(64)35(62)33(60)28(21-58)74-50)39(38(65)40(78-51)46(69)70)77-49-36(63)34(61)29(22-59)75-49/h13-14,24,27-45,49-51,58-68H,12,15-23H2,1-11H3,(H,69,70)/b25-13-/t24-,27+,28-,29+,30+,31-,32+,33+,34+,35+,36-,37-,38+,39+,40+,41-,42+,43-,44+,45+,49+,50+,51-,54+,55-,56+,57+/m1/s1. The lowest BCUT2D eigenvalue weighted by Crippen LogP contribution is -2.76. The van der Waals surface area contributed by atoms with E-state index in [1.165, 1.54) is 0 Å². The van der Waals surface area contributed by atoms with Crippen molar-refractivity contribution in [3.63, 3.8) is 0 Å². The van der Waals surface area contributed by atoms with E-state index in [9.17, 15) is 75.7 Å². The number of aliphatic carboxylic acids is 1. The van der Waals surface area contributed by atoms with E-state index < -0.39 is 199 Å². The normalized spacial score (nSPS) is 49.2. The van der Waals surface area contributed by atoms with Gasteiger partial charge in [0, 0.05) is 16.4 Å². The number of carboxylic acids is 1. The molecule has 8 aliphatic rings. The number of esters is 2. The number of aliphatic hydroxyl groups is 11. The average Bonchev–Trinajstić information content (AvgIpc) is 1.93. The number of ether oxygens (including phenoxy) is 8. The quantitative estimate of drug-likeness (QED) is 0.0455. The molecule has 23 nitrogen and oxygen atoms in total. The van der Waals surface area contributed by atoms with Crippen molar-refractivity contribution < 1.29 is 114 Å². The Labute approximate surface area is 467 Å². The number of hydrogen-bond acceptors (Lipinski definition) is 22.